The lowest BCUT2D eigenvalue weighted by atomic mass is 10.2. The van der Waals surface area contributed by atoms with E-state index in [4.69, 9.17) is 11.6 Å². The highest BCUT2D eigenvalue weighted by Crippen LogP contribution is 2.44. The van der Waals surface area contributed by atoms with Crippen LogP contribution in [0.5, 0.6) is 0 Å². The zero-order valence-corrected chi connectivity index (χ0v) is 7.96. The molecule has 0 aromatic carbocycles. The molecule has 0 saturated carbocycles. The second-order valence-corrected chi connectivity index (χ2v) is 3.67. The topological polar surface area (TPSA) is 40.1 Å². The van der Waals surface area contributed by atoms with Crippen LogP contribution < -0.4 is 5.11 Å². The molecule has 72 valence electrons. The Labute approximate surface area is 79.8 Å². The Kier molecular flexibility index (Phi) is 3.84. The number of carbonyl (C=O) groups excluding carboxylic acids is 1. The van der Waals surface area contributed by atoms with Gasteiger partial charge in [0.15, 0.2) is 0 Å². The Morgan fingerprint density at radius 2 is 1.92 bits per heavy atom. The van der Waals surface area contributed by atoms with Gasteiger partial charge in [0.2, 0.25) is 0 Å². The monoisotopic (exact) mass is 267 g/mol. The van der Waals surface area contributed by atoms with E-state index in [1.165, 1.54) is 0 Å². The van der Waals surface area contributed by atoms with Crippen LogP contribution in [0.25, 0.3) is 0 Å². The van der Waals surface area contributed by atoms with Gasteiger partial charge >= 0.3 is 4.83 Å². The number of aliphatic carboxylic acids is 1. The van der Waals surface area contributed by atoms with Crippen LogP contribution in [0.3, 0.4) is 0 Å². The van der Waals surface area contributed by atoms with E-state index in [9.17, 15) is 23.1 Å². The SMILES string of the molecule is O=C([O-])CC[C@@](F)(Cl)C(F)(F)Br. The van der Waals surface area contributed by atoms with Gasteiger partial charge in [-0.15, -0.1) is 0 Å². The summed E-state index contributed by atoms with van der Waals surface area (Å²) in [6.45, 7) is 0. The van der Waals surface area contributed by atoms with Gasteiger partial charge < -0.3 is 9.90 Å². The van der Waals surface area contributed by atoms with E-state index in [1.54, 1.807) is 15.9 Å². The molecule has 2 nitrogen and oxygen atoms in total. The highest BCUT2D eigenvalue weighted by atomic mass is 79.9. The number of halogens is 5. The third-order valence-electron chi connectivity index (χ3n) is 1.06. The zero-order valence-electron chi connectivity index (χ0n) is 5.62. The summed E-state index contributed by atoms with van der Waals surface area (Å²) in [7, 11) is 0. The van der Waals surface area contributed by atoms with E-state index in [-0.39, 0.29) is 0 Å². The molecule has 0 aliphatic carbocycles. The number of hydrogen-bond donors (Lipinski definition) is 0. The average Bonchev–Trinajstić information content (AvgIpc) is 1.81. The van der Waals surface area contributed by atoms with Crippen LogP contribution in [0.2, 0.25) is 0 Å². The van der Waals surface area contributed by atoms with Gasteiger partial charge in [0.1, 0.15) is 0 Å². The first kappa shape index (κ1) is 12.0. The summed E-state index contributed by atoms with van der Waals surface area (Å²) >= 11 is 6.40. The van der Waals surface area contributed by atoms with Crippen LogP contribution in [-0.4, -0.2) is 15.9 Å². The predicted molar refractivity (Wildman–Crippen MR) is 37.8 cm³/mol. The Balaban J connectivity index is 4.14. The van der Waals surface area contributed by atoms with E-state index >= 15 is 0 Å². The number of carbonyl (C=O) groups is 1. The van der Waals surface area contributed by atoms with Crippen LogP contribution in [0.1, 0.15) is 12.8 Å². The molecule has 7 heteroatoms. The Morgan fingerprint density at radius 3 is 2.17 bits per heavy atom. The van der Waals surface area contributed by atoms with Crippen molar-refractivity contribution in [3.05, 3.63) is 0 Å². The van der Waals surface area contributed by atoms with E-state index in [0.717, 1.165) is 0 Å². The van der Waals surface area contributed by atoms with Crippen molar-refractivity contribution < 1.29 is 23.1 Å². The fourth-order valence-corrected chi connectivity index (χ4v) is 0.694. The van der Waals surface area contributed by atoms with Crippen LogP contribution in [-0.2, 0) is 4.79 Å². The molecule has 0 heterocycles. The minimum Gasteiger partial charge on any atom is -0.550 e. The first-order valence-electron chi connectivity index (χ1n) is 2.81. The quantitative estimate of drug-likeness (QED) is 0.723. The third-order valence-corrected chi connectivity index (χ3v) is 2.34. The minimum atomic E-state index is -3.95. The molecule has 12 heavy (non-hydrogen) atoms. The second kappa shape index (κ2) is 3.83. The van der Waals surface area contributed by atoms with E-state index in [0.29, 0.717) is 0 Å². The lowest BCUT2D eigenvalue weighted by molar-refractivity contribution is -0.306. The molecule has 0 aromatic rings. The minimum absolute atomic E-state index is 0.860. The van der Waals surface area contributed by atoms with E-state index < -0.39 is 28.8 Å². The predicted octanol–water partition coefficient (Wildman–Crippen LogP) is 1.41. The molecular weight excluding hydrogens is 264 g/mol. The van der Waals surface area contributed by atoms with E-state index in [1.807, 2.05) is 0 Å². The Hall–Kier alpha value is 0.0300. The molecule has 0 aliphatic heterocycles. The maximum absolute atomic E-state index is 12.6. The Bertz CT molecular complexity index is 180. The molecule has 0 aromatic heterocycles. The normalized spacial score (nSPS) is 17.1. The number of hydrogen-bond acceptors (Lipinski definition) is 2. The third kappa shape index (κ3) is 3.62. The van der Waals surface area contributed by atoms with Crippen molar-refractivity contribution in [2.24, 2.45) is 0 Å². The molecule has 0 unspecified atom stereocenters. The zero-order chi connectivity index (χ0) is 9.99. The summed E-state index contributed by atoms with van der Waals surface area (Å²) in [4.78, 5) is 5.83. The second-order valence-electron chi connectivity index (χ2n) is 2.07. The van der Waals surface area contributed by atoms with Crippen LogP contribution >= 0.6 is 27.5 Å². The maximum atomic E-state index is 12.6. The van der Waals surface area contributed by atoms with Gasteiger partial charge in [0, 0.05) is 12.4 Å². The van der Waals surface area contributed by atoms with Crippen molar-refractivity contribution in [2.45, 2.75) is 22.8 Å². The number of carboxylic acid groups (broad SMARTS) is 1. The van der Waals surface area contributed by atoms with Crippen molar-refractivity contribution in [3.8, 4) is 0 Å². The molecule has 0 radical (unpaired) electrons. The molecule has 0 saturated heterocycles. The van der Waals surface area contributed by atoms with Gasteiger partial charge in [-0.2, -0.15) is 8.78 Å². The highest BCUT2D eigenvalue weighted by molar-refractivity contribution is 9.10. The molecule has 0 bridgehead atoms. The van der Waals surface area contributed by atoms with E-state index in [2.05, 4.69) is 0 Å². The summed E-state index contributed by atoms with van der Waals surface area (Å²) in [6, 6.07) is 0. The van der Waals surface area contributed by atoms with Gasteiger partial charge in [-0.1, -0.05) is 11.6 Å². The lowest BCUT2D eigenvalue weighted by Gasteiger charge is -2.22. The smallest absolute Gasteiger partial charge is 0.348 e. The molecular formula is C5H4BrClF3O2-. The number of alkyl halides is 5. The molecule has 0 rings (SSSR count). The number of carboxylic acids is 1. The molecule has 0 amide bonds. The summed E-state index contributed by atoms with van der Waals surface area (Å²) in [6.07, 6.45) is -1.88. The van der Waals surface area contributed by atoms with Crippen molar-refractivity contribution in [1.82, 2.24) is 0 Å². The average molecular weight is 268 g/mol. The number of rotatable bonds is 4. The molecule has 0 spiro atoms. The van der Waals surface area contributed by atoms with Gasteiger partial charge in [0.25, 0.3) is 5.13 Å². The maximum Gasteiger partial charge on any atom is 0.348 e. The molecule has 0 fully saturated rings. The first-order valence-corrected chi connectivity index (χ1v) is 3.98. The van der Waals surface area contributed by atoms with Crippen molar-refractivity contribution in [2.75, 3.05) is 0 Å². The van der Waals surface area contributed by atoms with Crippen LogP contribution in [0.4, 0.5) is 13.2 Å². The van der Waals surface area contributed by atoms with Crippen molar-refractivity contribution in [1.29, 1.82) is 0 Å². The molecule has 1 atom stereocenters. The molecule has 0 aliphatic rings. The summed E-state index contributed by atoms with van der Waals surface area (Å²) in [5, 5.41) is 6.38. The highest BCUT2D eigenvalue weighted by Gasteiger charge is 2.51. The van der Waals surface area contributed by atoms with Gasteiger partial charge in [-0.25, -0.2) is 4.39 Å². The van der Waals surface area contributed by atoms with Crippen molar-refractivity contribution in [3.63, 3.8) is 0 Å². The summed E-state index contributed by atoms with van der Waals surface area (Å²) in [5.74, 6) is -1.63. The van der Waals surface area contributed by atoms with Gasteiger partial charge in [-0.3, -0.25) is 0 Å². The Morgan fingerprint density at radius 1 is 1.50 bits per heavy atom. The summed E-state index contributed by atoms with van der Waals surface area (Å²) in [5.41, 5.74) is 0. The molecule has 0 N–H and O–H groups in total. The van der Waals surface area contributed by atoms with Crippen LogP contribution in [0.15, 0.2) is 0 Å². The van der Waals surface area contributed by atoms with Crippen LogP contribution in [0, 0.1) is 0 Å². The standard InChI is InChI=1S/C5H5BrClF3O2/c6-5(9,10)4(7,8)2-1-3(11)12/h1-2H2,(H,11,12)/p-1/t4-/m0/s1. The first-order chi connectivity index (χ1) is 5.17. The largest absolute Gasteiger partial charge is 0.550 e. The fraction of sp³-hybridized carbons (Fsp3) is 0.800. The van der Waals surface area contributed by atoms with Gasteiger partial charge in [-0.05, 0) is 22.4 Å². The van der Waals surface area contributed by atoms with Gasteiger partial charge in [0.05, 0.1) is 0 Å². The lowest BCUT2D eigenvalue weighted by Crippen LogP contribution is -2.35. The van der Waals surface area contributed by atoms with Crippen molar-refractivity contribution >= 4 is 33.5 Å². The summed E-state index contributed by atoms with van der Waals surface area (Å²) < 4.78 is 36.9. The fourth-order valence-electron chi connectivity index (χ4n) is 0.401.